The molecule has 1 saturated heterocycles. The summed E-state index contributed by atoms with van der Waals surface area (Å²) in [4.78, 5) is 0.0730. The van der Waals surface area contributed by atoms with Crippen molar-refractivity contribution >= 4 is 25.7 Å². The van der Waals surface area contributed by atoms with Gasteiger partial charge in [-0.15, -0.1) is 0 Å². The van der Waals surface area contributed by atoms with E-state index in [-0.39, 0.29) is 36.9 Å². The maximum Gasteiger partial charge on any atom is 0.243 e. The van der Waals surface area contributed by atoms with E-state index in [1.807, 2.05) is 30.3 Å². The second kappa shape index (κ2) is 8.93. The number of aryl methyl sites for hydroxylation is 1. The zero-order chi connectivity index (χ0) is 21.9. The first kappa shape index (κ1) is 22.5. The largest absolute Gasteiger partial charge is 0.491 e. The van der Waals surface area contributed by atoms with E-state index < -0.39 is 26.2 Å². The summed E-state index contributed by atoms with van der Waals surface area (Å²) in [7, 11) is -7.39. The van der Waals surface area contributed by atoms with Gasteiger partial charge in [-0.2, -0.15) is 4.31 Å². The van der Waals surface area contributed by atoms with E-state index in [9.17, 15) is 16.8 Å². The molecule has 3 rings (SSSR count). The molecule has 8 nitrogen and oxygen atoms in total. The maximum absolute atomic E-state index is 13.3. The molecule has 1 fully saturated rings. The van der Waals surface area contributed by atoms with Crippen molar-refractivity contribution in [3.63, 3.8) is 0 Å². The Hall–Kier alpha value is -2.14. The number of ether oxygens (including phenoxy) is 2. The predicted molar refractivity (Wildman–Crippen MR) is 115 cm³/mol. The minimum Gasteiger partial charge on any atom is -0.491 e. The van der Waals surface area contributed by atoms with Crippen LogP contribution in [0.1, 0.15) is 11.1 Å². The van der Waals surface area contributed by atoms with Crippen LogP contribution in [0.2, 0.25) is 0 Å². The minimum atomic E-state index is -3.84. The summed E-state index contributed by atoms with van der Waals surface area (Å²) >= 11 is 0. The number of anilines is 1. The Bertz CT molecular complexity index is 1100. The molecule has 0 radical (unpaired) electrons. The summed E-state index contributed by atoms with van der Waals surface area (Å²) in [6.07, 6.45) is 0.625. The SMILES string of the molecule is Cc1ccc(S(=O)(=O)N2CCO[C@@H](COc3ccccc3)C2)c(C)c1NS(C)(=O)=O. The van der Waals surface area contributed by atoms with E-state index in [4.69, 9.17) is 9.47 Å². The topological polar surface area (TPSA) is 102 Å². The summed E-state index contributed by atoms with van der Waals surface area (Å²) in [5.74, 6) is 0.687. The fraction of sp³-hybridized carbons (Fsp3) is 0.400. The Labute approximate surface area is 177 Å². The smallest absolute Gasteiger partial charge is 0.243 e. The van der Waals surface area contributed by atoms with Crippen LogP contribution in [0.3, 0.4) is 0 Å². The molecular weight excluding hydrogens is 428 g/mol. The van der Waals surface area contributed by atoms with Crippen molar-refractivity contribution in [2.24, 2.45) is 0 Å². The van der Waals surface area contributed by atoms with Crippen LogP contribution in [0.4, 0.5) is 5.69 Å². The van der Waals surface area contributed by atoms with Crippen LogP contribution in [0, 0.1) is 13.8 Å². The van der Waals surface area contributed by atoms with Crippen LogP contribution in [-0.2, 0) is 24.8 Å². The van der Waals surface area contributed by atoms with Crippen molar-refractivity contribution in [2.45, 2.75) is 24.8 Å². The molecule has 0 amide bonds. The third kappa shape index (κ3) is 5.31. The van der Waals surface area contributed by atoms with E-state index >= 15 is 0 Å². The molecule has 2 aromatic carbocycles. The molecule has 0 aromatic heterocycles. The summed E-state index contributed by atoms with van der Waals surface area (Å²) in [6, 6.07) is 12.4. The highest BCUT2D eigenvalue weighted by atomic mass is 32.2. The zero-order valence-corrected chi connectivity index (χ0v) is 18.8. The van der Waals surface area contributed by atoms with Gasteiger partial charge >= 0.3 is 0 Å². The lowest BCUT2D eigenvalue weighted by Gasteiger charge is -2.32. The highest BCUT2D eigenvalue weighted by Gasteiger charge is 2.33. The van der Waals surface area contributed by atoms with Gasteiger partial charge in [0.25, 0.3) is 0 Å². The van der Waals surface area contributed by atoms with Crippen molar-refractivity contribution in [1.29, 1.82) is 0 Å². The zero-order valence-electron chi connectivity index (χ0n) is 17.2. The second-order valence-corrected chi connectivity index (χ2v) is 10.9. The number of para-hydroxylation sites is 1. The summed E-state index contributed by atoms with van der Waals surface area (Å²) in [6.45, 7) is 4.17. The Kier molecular flexibility index (Phi) is 6.71. The van der Waals surface area contributed by atoms with E-state index in [1.165, 1.54) is 10.4 Å². The summed E-state index contributed by atoms with van der Waals surface area (Å²) in [5, 5.41) is 0. The number of benzene rings is 2. The molecule has 0 saturated carbocycles. The van der Waals surface area contributed by atoms with Gasteiger partial charge in [0, 0.05) is 13.1 Å². The number of rotatable bonds is 7. The average molecular weight is 455 g/mol. The van der Waals surface area contributed by atoms with Crippen LogP contribution < -0.4 is 9.46 Å². The third-order valence-corrected chi connectivity index (χ3v) is 7.39. The van der Waals surface area contributed by atoms with Crippen molar-refractivity contribution < 1.29 is 26.3 Å². The van der Waals surface area contributed by atoms with E-state index in [0.29, 0.717) is 16.9 Å². The van der Waals surface area contributed by atoms with Gasteiger partial charge in [-0.3, -0.25) is 4.72 Å². The molecule has 0 aliphatic carbocycles. The van der Waals surface area contributed by atoms with Crippen LogP contribution in [-0.4, -0.2) is 59.8 Å². The van der Waals surface area contributed by atoms with E-state index in [0.717, 1.165) is 6.26 Å². The Morgan fingerprint density at radius 2 is 1.80 bits per heavy atom. The van der Waals surface area contributed by atoms with Gasteiger partial charge in [0.05, 0.1) is 23.4 Å². The molecule has 0 bridgehead atoms. The lowest BCUT2D eigenvalue weighted by atomic mass is 10.1. The number of morpholine rings is 1. The molecule has 164 valence electrons. The molecular formula is C20H26N2O6S2. The first-order valence-electron chi connectivity index (χ1n) is 9.45. The molecule has 1 atom stereocenters. The normalized spacial score (nSPS) is 18.2. The Morgan fingerprint density at radius 1 is 1.10 bits per heavy atom. The van der Waals surface area contributed by atoms with E-state index in [2.05, 4.69) is 4.72 Å². The molecule has 2 aromatic rings. The number of hydrogen-bond donors (Lipinski definition) is 1. The van der Waals surface area contributed by atoms with Gasteiger partial charge in [-0.05, 0) is 43.2 Å². The fourth-order valence-corrected chi connectivity index (χ4v) is 5.68. The lowest BCUT2D eigenvalue weighted by Crippen LogP contribution is -2.47. The van der Waals surface area contributed by atoms with Crippen molar-refractivity contribution in [3.05, 3.63) is 53.6 Å². The molecule has 30 heavy (non-hydrogen) atoms. The summed E-state index contributed by atoms with van der Waals surface area (Å²) < 4.78 is 65.2. The standard InChI is InChI=1S/C20H26N2O6S2/c1-15-9-10-19(16(2)20(15)21-29(3,23)24)30(25,26)22-11-12-27-18(13-22)14-28-17-7-5-4-6-8-17/h4-10,18,21H,11-14H2,1-3H3/t18-/m1/s1. The van der Waals surface area contributed by atoms with Gasteiger partial charge in [0.1, 0.15) is 18.5 Å². The molecule has 1 N–H and O–H groups in total. The van der Waals surface area contributed by atoms with Crippen LogP contribution in [0.25, 0.3) is 0 Å². The van der Waals surface area contributed by atoms with Gasteiger partial charge in [0.2, 0.25) is 20.0 Å². The predicted octanol–water partition coefficient (Wildman–Crippen LogP) is 2.14. The van der Waals surface area contributed by atoms with Gasteiger partial charge in [0.15, 0.2) is 0 Å². The lowest BCUT2D eigenvalue weighted by molar-refractivity contribution is -0.0249. The van der Waals surface area contributed by atoms with Crippen molar-refractivity contribution in [3.8, 4) is 5.75 Å². The molecule has 0 unspecified atom stereocenters. The third-order valence-electron chi connectivity index (χ3n) is 4.81. The fourth-order valence-electron chi connectivity index (χ4n) is 3.31. The number of nitrogens with one attached hydrogen (secondary N) is 1. The molecule has 10 heteroatoms. The van der Waals surface area contributed by atoms with Crippen LogP contribution in [0.5, 0.6) is 5.75 Å². The Morgan fingerprint density at radius 3 is 2.47 bits per heavy atom. The van der Waals surface area contributed by atoms with Crippen molar-refractivity contribution in [2.75, 3.05) is 37.3 Å². The van der Waals surface area contributed by atoms with Crippen LogP contribution >= 0.6 is 0 Å². The highest BCUT2D eigenvalue weighted by molar-refractivity contribution is 7.92. The van der Waals surface area contributed by atoms with Crippen LogP contribution in [0.15, 0.2) is 47.4 Å². The molecule has 1 aliphatic heterocycles. The maximum atomic E-state index is 13.3. The van der Waals surface area contributed by atoms with Gasteiger partial charge in [-0.1, -0.05) is 24.3 Å². The molecule has 0 spiro atoms. The number of sulfonamides is 2. The van der Waals surface area contributed by atoms with Gasteiger partial charge in [-0.25, -0.2) is 16.8 Å². The molecule has 1 aliphatic rings. The number of nitrogens with zero attached hydrogens (tertiary/aromatic N) is 1. The average Bonchev–Trinajstić information content (AvgIpc) is 2.69. The number of hydrogen-bond acceptors (Lipinski definition) is 6. The van der Waals surface area contributed by atoms with Gasteiger partial charge < -0.3 is 9.47 Å². The second-order valence-electron chi connectivity index (χ2n) is 7.23. The Balaban J connectivity index is 1.80. The van der Waals surface area contributed by atoms with Crippen molar-refractivity contribution in [1.82, 2.24) is 4.31 Å². The summed E-state index contributed by atoms with van der Waals surface area (Å²) in [5.41, 5.74) is 1.30. The highest BCUT2D eigenvalue weighted by Crippen LogP contribution is 2.30. The van der Waals surface area contributed by atoms with E-state index in [1.54, 1.807) is 19.9 Å². The first-order chi connectivity index (χ1) is 14.1. The quantitative estimate of drug-likeness (QED) is 0.688. The first-order valence-corrected chi connectivity index (χ1v) is 12.8. The molecule has 1 heterocycles. The monoisotopic (exact) mass is 454 g/mol. The minimum absolute atomic E-state index is 0.0730.